The van der Waals surface area contributed by atoms with Gasteiger partial charge >= 0.3 is 0 Å². The molecule has 0 radical (unpaired) electrons. The van der Waals surface area contributed by atoms with Gasteiger partial charge in [0.15, 0.2) is 0 Å². The lowest BCUT2D eigenvalue weighted by Gasteiger charge is -2.24. The second kappa shape index (κ2) is 3.91. The van der Waals surface area contributed by atoms with E-state index in [0.717, 1.165) is 25.3 Å². The third kappa shape index (κ3) is 1.61. The molecule has 0 spiro atoms. The van der Waals surface area contributed by atoms with Crippen LogP contribution >= 0.6 is 0 Å². The van der Waals surface area contributed by atoms with E-state index in [4.69, 9.17) is 4.99 Å². The van der Waals surface area contributed by atoms with Crippen molar-refractivity contribution in [1.82, 2.24) is 10.6 Å². The summed E-state index contributed by atoms with van der Waals surface area (Å²) in [6.45, 7) is 4.26. The fraction of sp³-hybridized carbons (Fsp3) is 0.462. The summed E-state index contributed by atoms with van der Waals surface area (Å²) in [5, 5.41) is 6.94. The molecule has 2 atom stereocenters. The molecule has 84 valence electrons. The third-order valence-corrected chi connectivity index (χ3v) is 3.46. The average molecular weight is 215 g/mol. The summed E-state index contributed by atoms with van der Waals surface area (Å²) >= 11 is 0. The van der Waals surface area contributed by atoms with E-state index in [1.807, 2.05) is 0 Å². The van der Waals surface area contributed by atoms with E-state index in [0.29, 0.717) is 12.1 Å². The Morgan fingerprint density at radius 3 is 3.00 bits per heavy atom. The highest BCUT2D eigenvalue weighted by Crippen LogP contribution is 2.18. The number of piperidine rings is 1. The van der Waals surface area contributed by atoms with Crippen LogP contribution in [-0.2, 0) is 0 Å². The fourth-order valence-corrected chi connectivity index (χ4v) is 2.51. The first-order valence-corrected chi connectivity index (χ1v) is 5.95. The van der Waals surface area contributed by atoms with Crippen LogP contribution in [-0.4, -0.2) is 31.0 Å². The largest absolute Gasteiger partial charge is 0.364 e. The lowest BCUT2D eigenvalue weighted by molar-refractivity contribution is 0.402. The first kappa shape index (κ1) is 9.85. The number of benzene rings is 1. The van der Waals surface area contributed by atoms with Gasteiger partial charge in [-0.1, -0.05) is 24.3 Å². The minimum Gasteiger partial charge on any atom is -0.364 e. The van der Waals surface area contributed by atoms with Gasteiger partial charge < -0.3 is 10.6 Å². The molecule has 1 saturated heterocycles. The minimum atomic E-state index is 0.468. The van der Waals surface area contributed by atoms with Crippen LogP contribution in [0, 0.1) is 6.92 Å². The Kier molecular flexibility index (Phi) is 2.40. The van der Waals surface area contributed by atoms with Crippen molar-refractivity contribution < 1.29 is 0 Å². The van der Waals surface area contributed by atoms with E-state index in [2.05, 4.69) is 41.8 Å². The van der Waals surface area contributed by atoms with Crippen LogP contribution in [0.2, 0.25) is 0 Å². The summed E-state index contributed by atoms with van der Waals surface area (Å²) in [6.07, 6.45) is 1.15. The summed E-state index contributed by atoms with van der Waals surface area (Å²) in [7, 11) is 0. The number of aliphatic imine (C=N–C) groups is 1. The van der Waals surface area contributed by atoms with E-state index in [9.17, 15) is 0 Å². The van der Waals surface area contributed by atoms with Crippen LogP contribution in [0.15, 0.2) is 29.3 Å². The molecule has 1 fully saturated rings. The number of fused-ring (bicyclic) bond motifs is 1. The third-order valence-electron chi connectivity index (χ3n) is 3.46. The molecule has 1 aromatic rings. The van der Waals surface area contributed by atoms with Crippen molar-refractivity contribution in [1.29, 1.82) is 0 Å². The Morgan fingerprint density at radius 1 is 1.31 bits per heavy atom. The van der Waals surface area contributed by atoms with Crippen molar-refractivity contribution in [3.05, 3.63) is 35.4 Å². The molecule has 0 amide bonds. The molecule has 2 aliphatic rings. The summed E-state index contributed by atoms with van der Waals surface area (Å²) < 4.78 is 0. The van der Waals surface area contributed by atoms with Crippen molar-refractivity contribution in [3.63, 3.8) is 0 Å². The van der Waals surface area contributed by atoms with Crippen molar-refractivity contribution >= 4 is 5.84 Å². The molecule has 1 aromatic carbocycles. The predicted octanol–water partition coefficient (Wildman–Crippen LogP) is 1.08. The normalized spacial score (nSPS) is 28.2. The zero-order valence-electron chi connectivity index (χ0n) is 9.53. The maximum Gasteiger partial charge on any atom is 0.129 e. The number of amidine groups is 1. The highest BCUT2D eigenvalue weighted by molar-refractivity contribution is 6.01. The first-order chi connectivity index (χ1) is 7.84. The molecule has 2 heterocycles. The SMILES string of the molecule is Cc1ccccc1C1=NC2CCNCC2N1. The van der Waals surface area contributed by atoms with Gasteiger partial charge in [-0.25, -0.2) is 0 Å². The molecular weight excluding hydrogens is 198 g/mol. The standard InChI is InChI=1S/C13H17N3/c1-9-4-2-3-5-10(9)13-15-11-6-7-14-8-12(11)16-13/h2-5,11-12,14H,6-8H2,1H3,(H,15,16). The Hall–Kier alpha value is -1.35. The van der Waals surface area contributed by atoms with E-state index < -0.39 is 0 Å². The highest BCUT2D eigenvalue weighted by atomic mass is 15.2. The summed E-state index contributed by atoms with van der Waals surface area (Å²) in [5.41, 5.74) is 2.54. The molecule has 0 aromatic heterocycles. The van der Waals surface area contributed by atoms with Gasteiger partial charge in [-0.05, 0) is 25.5 Å². The van der Waals surface area contributed by atoms with E-state index >= 15 is 0 Å². The number of nitrogens with one attached hydrogen (secondary N) is 2. The van der Waals surface area contributed by atoms with Crippen LogP contribution < -0.4 is 10.6 Å². The molecule has 2 N–H and O–H groups in total. The van der Waals surface area contributed by atoms with Crippen LogP contribution in [0.25, 0.3) is 0 Å². The minimum absolute atomic E-state index is 0.468. The van der Waals surface area contributed by atoms with E-state index in [1.54, 1.807) is 0 Å². The molecule has 2 unspecified atom stereocenters. The molecule has 0 bridgehead atoms. The van der Waals surface area contributed by atoms with Crippen LogP contribution in [0.4, 0.5) is 0 Å². The smallest absolute Gasteiger partial charge is 0.129 e. The van der Waals surface area contributed by atoms with Crippen molar-refractivity contribution in [3.8, 4) is 0 Å². The number of hydrogen-bond acceptors (Lipinski definition) is 3. The summed E-state index contributed by atoms with van der Waals surface area (Å²) in [6, 6.07) is 9.39. The van der Waals surface area contributed by atoms with Gasteiger partial charge in [0.2, 0.25) is 0 Å². The molecule has 0 saturated carbocycles. The lowest BCUT2D eigenvalue weighted by atomic mass is 10.0. The Labute approximate surface area is 96.0 Å². The summed E-state index contributed by atoms with van der Waals surface area (Å²) in [4.78, 5) is 4.81. The first-order valence-electron chi connectivity index (χ1n) is 5.95. The van der Waals surface area contributed by atoms with Crippen LogP contribution in [0.3, 0.4) is 0 Å². The van der Waals surface area contributed by atoms with Crippen LogP contribution in [0.5, 0.6) is 0 Å². The Balaban J connectivity index is 1.89. The molecule has 16 heavy (non-hydrogen) atoms. The Morgan fingerprint density at radius 2 is 2.19 bits per heavy atom. The number of rotatable bonds is 1. The van der Waals surface area contributed by atoms with Crippen molar-refractivity contribution in [2.45, 2.75) is 25.4 Å². The second-order valence-corrected chi connectivity index (χ2v) is 4.60. The number of hydrogen-bond donors (Lipinski definition) is 2. The van der Waals surface area contributed by atoms with E-state index in [1.165, 1.54) is 11.1 Å². The van der Waals surface area contributed by atoms with E-state index in [-0.39, 0.29) is 0 Å². The fourth-order valence-electron chi connectivity index (χ4n) is 2.51. The van der Waals surface area contributed by atoms with Gasteiger partial charge in [-0.2, -0.15) is 0 Å². The quantitative estimate of drug-likeness (QED) is 0.735. The lowest BCUT2D eigenvalue weighted by Crippen LogP contribution is -2.48. The predicted molar refractivity (Wildman–Crippen MR) is 65.9 cm³/mol. The topological polar surface area (TPSA) is 36.4 Å². The highest BCUT2D eigenvalue weighted by Gasteiger charge is 2.31. The maximum atomic E-state index is 4.81. The van der Waals surface area contributed by atoms with Gasteiger partial charge in [-0.15, -0.1) is 0 Å². The van der Waals surface area contributed by atoms with Crippen LogP contribution in [0.1, 0.15) is 17.5 Å². The number of nitrogens with zero attached hydrogens (tertiary/aromatic N) is 1. The van der Waals surface area contributed by atoms with Gasteiger partial charge in [0.25, 0.3) is 0 Å². The van der Waals surface area contributed by atoms with Crippen molar-refractivity contribution in [2.24, 2.45) is 4.99 Å². The van der Waals surface area contributed by atoms with Gasteiger partial charge in [0.05, 0.1) is 12.1 Å². The zero-order chi connectivity index (χ0) is 11.0. The molecular formula is C13H17N3. The van der Waals surface area contributed by atoms with Gasteiger partial charge in [0, 0.05) is 12.1 Å². The van der Waals surface area contributed by atoms with Crippen molar-refractivity contribution in [2.75, 3.05) is 13.1 Å². The monoisotopic (exact) mass is 215 g/mol. The average Bonchev–Trinajstić information content (AvgIpc) is 2.73. The maximum absolute atomic E-state index is 4.81. The molecule has 3 rings (SSSR count). The zero-order valence-corrected chi connectivity index (χ0v) is 9.53. The molecule has 0 aliphatic carbocycles. The van der Waals surface area contributed by atoms with Gasteiger partial charge in [-0.3, -0.25) is 4.99 Å². The second-order valence-electron chi connectivity index (χ2n) is 4.60. The molecule has 3 nitrogen and oxygen atoms in total. The number of aryl methyl sites for hydroxylation is 1. The Bertz CT molecular complexity index is 425. The molecule has 3 heteroatoms. The summed E-state index contributed by atoms with van der Waals surface area (Å²) in [5.74, 6) is 1.08. The van der Waals surface area contributed by atoms with Gasteiger partial charge in [0.1, 0.15) is 5.84 Å². The molecule has 2 aliphatic heterocycles.